The van der Waals surface area contributed by atoms with E-state index >= 15 is 0 Å². The van der Waals surface area contributed by atoms with Gasteiger partial charge in [0.25, 0.3) is 0 Å². The van der Waals surface area contributed by atoms with Crippen LogP contribution in [0.25, 0.3) is 21.8 Å². The standard InChI is InChI=1S/C30H29N7OS/c1-38-22-17-26-28(32-18-22)27(12-13-31-26)39-23-10-8-20(9-11-23)33-29-24-6-2-3-7-25(24)30(35-34-29)37-16-15-36-14-4-5-21(36)19-37/h2-3,6-13,17-18,21H,4-5,14-16,19H2,1H3,(H,33,34)/t21-/m0/s1. The number of piperazine rings is 1. The van der Waals surface area contributed by atoms with Crippen molar-refractivity contribution in [3.8, 4) is 5.75 Å². The zero-order valence-corrected chi connectivity index (χ0v) is 22.6. The number of ether oxygens (including phenoxy) is 1. The minimum absolute atomic E-state index is 0.636. The minimum atomic E-state index is 0.636. The van der Waals surface area contributed by atoms with Gasteiger partial charge in [0.05, 0.1) is 18.8 Å². The maximum atomic E-state index is 5.29. The lowest BCUT2D eigenvalue weighted by molar-refractivity contribution is 0.230. The quantitative estimate of drug-likeness (QED) is 0.292. The van der Waals surface area contributed by atoms with E-state index in [9.17, 15) is 0 Å². The fourth-order valence-electron chi connectivity index (χ4n) is 5.65. The van der Waals surface area contributed by atoms with E-state index in [0.29, 0.717) is 11.8 Å². The van der Waals surface area contributed by atoms with Crippen LogP contribution in [0.1, 0.15) is 12.8 Å². The van der Waals surface area contributed by atoms with Crippen molar-refractivity contribution >= 4 is 50.9 Å². The summed E-state index contributed by atoms with van der Waals surface area (Å²) < 4.78 is 5.29. The molecule has 0 amide bonds. The summed E-state index contributed by atoms with van der Waals surface area (Å²) in [6.45, 7) is 4.36. The van der Waals surface area contributed by atoms with Gasteiger partial charge in [-0.15, -0.1) is 10.2 Å². The minimum Gasteiger partial charge on any atom is -0.495 e. The van der Waals surface area contributed by atoms with Gasteiger partial charge in [-0.2, -0.15) is 0 Å². The number of hydrogen-bond acceptors (Lipinski definition) is 9. The number of hydrogen-bond donors (Lipinski definition) is 1. The highest BCUT2D eigenvalue weighted by Gasteiger charge is 2.31. The largest absolute Gasteiger partial charge is 0.495 e. The smallest absolute Gasteiger partial charge is 0.161 e. The van der Waals surface area contributed by atoms with Crippen LogP contribution in [0.15, 0.2) is 82.8 Å². The van der Waals surface area contributed by atoms with E-state index in [0.717, 1.165) is 68.6 Å². The monoisotopic (exact) mass is 535 g/mol. The van der Waals surface area contributed by atoms with E-state index in [4.69, 9.17) is 9.84 Å². The summed E-state index contributed by atoms with van der Waals surface area (Å²) in [5.41, 5.74) is 2.65. The summed E-state index contributed by atoms with van der Waals surface area (Å²) in [6.07, 6.45) is 6.12. The Morgan fingerprint density at radius 2 is 1.82 bits per heavy atom. The Morgan fingerprint density at radius 3 is 2.69 bits per heavy atom. The lowest BCUT2D eigenvalue weighted by Crippen LogP contribution is -2.50. The molecule has 1 atom stereocenters. The van der Waals surface area contributed by atoms with Gasteiger partial charge in [0, 0.05) is 64.2 Å². The third-order valence-electron chi connectivity index (χ3n) is 7.65. The normalized spacial score (nSPS) is 17.5. The molecule has 0 saturated carbocycles. The highest BCUT2D eigenvalue weighted by molar-refractivity contribution is 7.99. The Bertz CT molecular complexity index is 1640. The molecule has 2 fully saturated rings. The molecule has 0 aliphatic carbocycles. The van der Waals surface area contributed by atoms with Crippen LogP contribution in [0.2, 0.25) is 0 Å². The molecular formula is C30H29N7OS. The zero-order valence-electron chi connectivity index (χ0n) is 21.7. The molecule has 8 nitrogen and oxygen atoms in total. The van der Waals surface area contributed by atoms with Crippen molar-refractivity contribution in [3.63, 3.8) is 0 Å². The topological polar surface area (TPSA) is 79.3 Å². The molecule has 0 spiro atoms. The molecule has 0 bridgehead atoms. The van der Waals surface area contributed by atoms with E-state index in [1.54, 1.807) is 25.1 Å². The molecule has 5 aromatic rings. The summed E-state index contributed by atoms with van der Waals surface area (Å²) >= 11 is 1.66. The summed E-state index contributed by atoms with van der Waals surface area (Å²) in [5.74, 6) is 2.46. The predicted molar refractivity (Wildman–Crippen MR) is 156 cm³/mol. The third-order valence-corrected chi connectivity index (χ3v) is 8.71. The van der Waals surface area contributed by atoms with Gasteiger partial charge in [-0.1, -0.05) is 36.0 Å². The highest BCUT2D eigenvalue weighted by Crippen LogP contribution is 2.35. The number of fused-ring (bicyclic) bond motifs is 3. The molecule has 9 heteroatoms. The van der Waals surface area contributed by atoms with Gasteiger partial charge in [0.1, 0.15) is 11.3 Å². The van der Waals surface area contributed by atoms with Crippen molar-refractivity contribution < 1.29 is 4.74 Å². The molecule has 2 aliphatic heterocycles. The molecule has 7 rings (SSSR count). The second-order valence-corrected chi connectivity index (χ2v) is 11.1. The van der Waals surface area contributed by atoms with Crippen molar-refractivity contribution in [1.82, 2.24) is 25.1 Å². The van der Waals surface area contributed by atoms with E-state index in [1.807, 2.05) is 18.3 Å². The Kier molecular flexibility index (Phi) is 6.38. The van der Waals surface area contributed by atoms with Gasteiger partial charge in [-0.05, 0) is 49.7 Å². The molecule has 0 unspecified atom stereocenters. The summed E-state index contributed by atoms with van der Waals surface area (Å²) in [5, 5.41) is 15.1. The van der Waals surface area contributed by atoms with Crippen LogP contribution < -0.4 is 15.0 Å². The van der Waals surface area contributed by atoms with Crippen LogP contribution >= 0.6 is 11.8 Å². The first kappa shape index (κ1) is 24.1. The van der Waals surface area contributed by atoms with Crippen molar-refractivity contribution in [3.05, 3.63) is 73.1 Å². The zero-order chi connectivity index (χ0) is 26.2. The van der Waals surface area contributed by atoms with Crippen LogP contribution in [0, 0.1) is 0 Å². The molecule has 5 heterocycles. The van der Waals surface area contributed by atoms with E-state index in [2.05, 4.69) is 78.7 Å². The lowest BCUT2D eigenvalue weighted by Gasteiger charge is -2.38. The van der Waals surface area contributed by atoms with Crippen molar-refractivity contribution in [2.75, 3.05) is 43.5 Å². The van der Waals surface area contributed by atoms with Gasteiger partial charge in [-0.3, -0.25) is 9.88 Å². The van der Waals surface area contributed by atoms with Crippen LogP contribution in [0.5, 0.6) is 5.75 Å². The number of benzene rings is 2. The van der Waals surface area contributed by atoms with E-state index in [-0.39, 0.29) is 0 Å². The molecule has 39 heavy (non-hydrogen) atoms. The van der Waals surface area contributed by atoms with E-state index in [1.165, 1.54) is 19.4 Å². The first-order valence-corrected chi connectivity index (χ1v) is 14.1. The third kappa shape index (κ3) is 4.72. The van der Waals surface area contributed by atoms with Crippen LogP contribution in [-0.2, 0) is 0 Å². The van der Waals surface area contributed by atoms with Gasteiger partial charge in [0.15, 0.2) is 11.6 Å². The molecule has 2 aromatic carbocycles. The lowest BCUT2D eigenvalue weighted by atomic mass is 10.1. The molecule has 2 saturated heterocycles. The highest BCUT2D eigenvalue weighted by atomic mass is 32.2. The van der Waals surface area contributed by atoms with Gasteiger partial charge in [0.2, 0.25) is 0 Å². The number of anilines is 3. The Labute approximate surface area is 231 Å². The molecule has 196 valence electrons. The number of nitrogens with one attached hydrogen (secondary N) is 1. The molecule has 0 radical (unpaired) electrons. The Morgan fingerprint density at radius 1 is 0.949 bits per heavy atom. The van der Waals surface area contributed by atoms with Gasteiger partial charge in [-0.25, -0.2) is 4.98 Å². The second-order valence-electron chi connectivity index (χ2n) is 10.00. The number of pyridine rings is 2. The second kappa shape index (κ2) is 10.3. The SMILES string of the molecule is COc1cnc2c(Sc3ccc(Nc4nnc(N5CCN6CCC[C@H]6C5)c5ccccc45)cc3)ccnc2c1. The summed E-state index contributed by atoms with van der Waals surface area (Å²) in [4.78, 5) is 16.2. The fourth-order valence-corrected chi connectivity index (χ4v) is 6.56. The molecule has 1 N–H and O–H groups in total. The van der Waals surface area contributed by atoms with Gasteiger partial charge >= 0.3 is 0 Å². The Balaban J connectivity index is 1.11. The fraction of sp³-hybridized carbons (Fsp3) is 0.267. The maximum absolute atomic E-state index is 5.29. The first-order valence-electron chi connectivity index (χ1n) is 13.3. The number of nitrogens with zero attached hydrogens (tertiary/aromatic N) is 6. The summed E-state index contributed by atoms with van der Waals surface area (Å²) in [6, 6.07) is 21.3. The number of aromatic nitrogens is 4. The first-order chi connectivity index (χ1) is 19.2. The average molecular weight is 536 g/mol. The average Bonchev–Trinajstić information content (AvgIpc) is 3.46. The van der Waals surface area contributed by atoms with Crippen molar-refractivity contribution in [2.24, 2.45) is 0 Å². The van der Waals surface area contributed by atoms with E-state index < -0.39 is 0 Å². The molecule has 3 aromatic heterocycles. The van der Waals surface area contributed by atoms with Gasteiger partial charge < -0.3 is 15.0 Å². The van der Waals surface area contributed by atoms with Crippen LogP contribution in [-0.4, -0.2) is 64.4 Å². The molecule has 2 aliphatic rings. The number of methoxy groups -OCH3 is 1. The maximum Gasteiger partial charge on any atom is 0.161 e. The van der Waals surface area contributed by atoms with Crippen molar-refractivity contribution in [1.29, 1.82) is 0 Å². The van der Waals surface area contributed by atoms with Crippen LogP contribution in [0.3, 0.4) is 0 Å². The molecular weight excluding hydrogens is 506 g/mol. The van der Waals surface area contributed by atoms with Crippen LogP contribution in [0.4, 0.5) is 17.3 Å². The predicted octanol–water partition coefficient (Wildman–Crippen LogP) is 5.76. The number of rotatable bonds is 6. The Hall–Kier alpha value is -3.95. The van der Waals surface area contributed by atoms with Crippen molar-refractivity contribution in [2.45, 2.75) is 28.7 Å². The summed E-state index contributed by atoms with van der Waals surface area (Å²) in [7, 11) is 1.64.